The molecule has 0 saturated carbocycles. The summed E-state index contributed by atoms with van der Waals surface area (Å²) >= 11 is 0. The van der Waals surface area contributed by atoms with Gasteiger partial charge in [-0.05, 0) is 62.2 Å². The molecule has 0 bridgehead atoms. The fourth-order valence-corrected chi connectivity index (χ4v) is 5.35. The standard InChI is InChI=1S/C21H34N2O3/c1-24-16-19-14-23(13-18-4-11-25-12-5-18)17-21(19)6-8-22(9-7-21)15-20-3-2-10-26-20/h2-3,10,18-19H,4-9,11-17H2,1H3. The van der Waals surface area contributed by atoms with Crippen LogP contribution in [0.5, 0.6) is 0 Å². The summed E-state index contributed by atoms with van der Waals surface area (Å²) in [7, 11) is 1.86. The molecule has 0 radical (unpaired) electrons. The summed E-state index contributed by atoms with van der Waals surface area (Å²) in [5, 5.41) is 0. The van der Waals surface area contributed by atoms with E-state index in [1.165, 1.54) is 58.4 Å². The molecule has 5 nitrogen and oxygen atoms in total. The van der Waals surface area contributed by atoms with Crippen molar-refractivity contribution in [1.29, 1.82) is 0 Å². The molecule has 0 aromatic carbocycles. The number of nitrogens with zero attached hydrogens (tertiary/aromatic N) is 2. The van der Waals surface area contributed by atoms with Gasteiger partial charge in [0.2, 0.25) is 0 Å². The van der Waals surface area contributed by atoms with Crippen LogP contribution in [-0.2, 0) is 16.0 Å². The van der Waals surface area contributed by atoms with E-state index in [9.17, 15) is 0 Å². The molecule has 26 heavy (non-hydrogen) atoms. The molecule has 3 saturated heterocycles. The molecule has 4 rings (SSSR count). The third kappa shape index (κ3) is 4.16. The second-order valence-electron chi connectivity index (χ2n) is 8.62. The van der Waals surface area contributed by atoms with E-state index in [0.29, 0.717) is 11.3 Å². The highest BCUT2D eigenvalue weighted by atomic mass is 16.5. The maximum atomic E-state index is 5.63. The van der Waals surface area contributed by atoms with Gasteiger partial charge in [-0.15, -0.1) is 0 Å². The molecule has 1 aromatic heterocycles. The summed E-state index contributed by atoms with van der Waals surface area (Å²) < 4.78 is 16.7. The van der Waals surface area contributed by atoms with Crippen LogP contribution in [0.2, 0.25) is 0 Å². The van der Waals surface area contributed by atoms with E-state index in [-0.39, 0.29) is 0 Å². The third-order valence-electron chi connectivity index (χ3n) is 6.92. The summed E-state index contributed by atoms with van der Waals surface area (Å²) in [5.41, 5.74) is 0.445. The SMILES string of the molecule is COCC1CN(CC2CCOCC2)CC12CCN(Cc1ccco1)CC2. The fourth-order valence-electron chi connectivity index (χ4n) is 5.35. The zero-order valence-corrected chi connectivity index (χ0v) is 16.2. The summed E-state index contributed by atoms with van der Waals surface area (Å²) in [6.45, 7) is 9.82. The van der Waals surface area contributed by atoms with Crippen molar-refractivity contribution < 1.29 is 13.9 Å². The Morgan fingerprint density at radius 1 is 1.19 bits per heavy atom. The van der Waals surface area contributed by atoms with Gasteiger partial charge in [-0.3, -0.25) is 4.90 Å². The van der Waals surface area contributed by atoms with Crippen molar-refractivity contribution in [2.45, 2.75) is 32.2 Å². The van der Waals surface area contributed by atoms with Crippen molar-refractivity contribution in [3.05, 3.63) is 24.2 Å². The minimum absolute atomic E-state index is 0.445. The van der Waals surface area contributed by atoms with Crippen molar-refractivity contribution in [3.63, 3.8) is 0 Å². The Hall–Kier alpha value is -0.880. The fraction of sp³-hybridized carbons (Fsp3) is 0.810. The van der Waals surface area contributed by atoms with Crippen LogP contribution in [0.1, 0.15) is 31.4 Å². The average molecular weight is 363 g/mol. The van der Waals surface area contributed by atoms with Gasteiger partial charge >= 0.3 is 0 Å². The quantitative estimate of drug-likeness (QED) is 0.778. The van der Waals surface area contributed by atoms with Gasteiger partial charge < -0.3 is 18.8 Å². The Labute approximate surface area is 157 Å². The molecule has 1 aromatic rings. The molecule has 1 atom stereocenters. The number of rotatable bonds is 6. The van der Waals surface area contributed by atoms with Crippen molar-refractivity contribution in [2.24, 2.45) is 17.3 Å². The molecule has 3 aliphatic heterocycles. The molecule has 0 amide bonds. The second kappa shape index (κ2) is 8.42. The average Bonchev–Trinajstić information content (AvgIpc) is 3.27. The van der Waals surface area contributed by atoms with Gasteiger partial charge in [0.05, 0.1) is 19.4 Å². The van der Waals surface area contributed by atoms with Crippen molar-refractivity contribution >= 4 is 0 Å². The van der Waals surface area contributed by atoms with Crippen molar-refractivity contribution in [3.8, 4) is 0 Å². The third-order valence-corrected chi connectivity index (χ3v) is 6.92. The van der Waals surface area contributed by atoms with E-state index >= 15 is 0 Å². The highest BCUT2D eigenvalue weighted by Crippen LogP contribution is 2.45. The number of furan rings is 1. The lowest BCUT2D eigenvalue weighted by molar-refractivity contribution is 0.0318. The van der Waals surface area contributed by atoms with Crippen molar-refractivity contribution in [1.82, 2.24) is 9.80 Å². The zero-order chi connectivity index (χ0) is 17.8. The first-order valence-corrected chi connectivity index (χ1v) is 10.3. The number of ether oxygens (including phenoxy) is 2. The van der Waals surface area contributed by atoms with E-state index in [2.05, 4.69) is 15.9 Å². The highest BCUT2D eigenvalue weighted by Gasteiger charge is 2.48. The lowest BCUT2D eigenvalue weighted by Gasteiger charge is -2.42. The molecule has 4 heterocycles. The van der Waals surface area contributed by atoms with Crippen molar-refractivity contribution in [2.75, 3.05) is 59.7 Å². The Morgan fingerprint density at radius 3 is 2.69 bits per heavy atom. The first kappa shape index (κ1) is 18.5. The lowest BCUT2D eigenvalue weighted by atomic mass is 9.71. The largest absolute Gasteiger partial charge is 0.468 e. The molecule has 3 aliphatic rings. The van der Waals surface area contributed by atoms with E-state index in [0.717, 1.165) is 38.0 Å². The van der Waals surface area contributed by atoms with Crippen LogP contribution < -0.4 is 0 Å². The smallest absolute Gasteiger partial charge is 0.117 e. The molecular formula is C21H34N2O3. The van der Waals surface area contributed by atoms with Gasteiger partial charge in [0.15, 0.2) is 0 Å². The van der Waals surface area contributed by atoms with Crippen LogP contribution in [0, 0.1) is 17.3 Å². The number of piperidine rings is 1. The lowest BCUT2D eigenvalue weighted by Crippen LogP contribution is -2.45. The monoisotopic (exact) mass is 362 g/mol. The number of likely N-dealkylation sites (tertiary alicyclic amines) is 2. The number of hydrogen-bond acceptors (Lipinski definition) is 5. The molecule has 0 N–H and O–H groups in total. The van der Waals surface area contributed by atoms with Gasteiger partial charge in [-0.25, -0.2) is 0 Å². The van der Waals surface area contributed by atoms with Crippen LogP contribution in [0.25, 0.3) is 0 Å². The summed E-state index contributed by atoms with van der Waals surface area (Å²) in [6.07, 6.45) is 6.81. The Balaban J connectivity index is 1.34. The van der Waals surface area contributed by atoms with Gasteiger partial charge in [-0.1, -0.05) is 0 Å². The van der Waals surface area contributed by atoms with Gasteiger partial charge in [0, 0.05) is 45.9 Å². The first-order valence-electron chi connectivity index (χ1n) is 10.3. The predicted molar refractivity (Wildman–Crippen MR) is 101 cm³/mol. The minimum Gasteiger partial charge on any atom is -0.468 e. The van der Waals surface area contributed by atoms with Gasteiger partial charge in [0.25, 0.3) is 0 Å². The molecule has 1 unspecified atom stereocenters. The molecular weight excluding hydrogens is 328 g/mol. The highest BCUT2D eigenvalue weighted by molar-refractivity contribution is 5.02. The van der Waals surface area contributed by atoms with Crippen LogP contribution in [0.4, 0.5) is 0 Å². The molecule has 1 spiro atoms. The maximum absolute atomic E-state index is 5.63. The number of hydrogen-bond donors (Lipinski definition) is 0. The Kier molecular flexibility index (Phi) is 5.99. The van der Waals surface area contributed by atoms with Crippen LogP contribution in [0.3, 0.4) is 0 Å². The summed E-state index contributed by atoms with van der Waals surface area (Å²) in [6, 6.07) is 4.07. The molecule has 3 fully saturated rings. The van der Waals surface area contributed by atoms with Gasteiger partial charge in [0.1, 0.15) is 5.76 Å². The summed E-state index contributed by atoms with van der Waals surface area (Å²) in [4.78, 5) is 5.29. The predicted octanol–water partition coefficient (Wildman–Crippen LogP) is 2.87. The first-order chi connectivity index (χ1) is 12.8. The molecule has 0 aliphatic carbocycles. The zero-order valence-electron chi connectivity index (χ0n) is 16.2. The topological polar surface area (TPSA) is 38.1 Å². The molecule has 146 valence electrons. The van der Waals surface area contributed by atoms with Crippen LogP contribution in [0.15, 0.2) is 22.8 Å². The maximum Gasteiger partial charge on any atom is 0.117 e. The summed E-state index contributed by atoms with van der Waals surface area (Å²) in [5.74, 6) is 2.58. The van der Waals surface area contributed by atoms with E-state index < -0.39 is 0 Å². The molecule has 5 heteroatoms. The normalized spacial score (nSPS) is 28.1. The number of methoxy groups -OCH3 is 1. The Morgan fingerprint density at radius 2 is 2.00 bits per heavy atom. The van der Waals surface area contributed by atoms with E-state index in [4.69, 9.17) is 13.9 Å². The second-order valence-corrected chi connectivity index (χ2v) is 8.62. The van der Waals surface area contributed by atoms with Crippen LogP contribution >= 0.6 is 0 Å². The minimum atomic E-state index is 0.445. The van der Waals surface area contributed by atoms with E-state index in [1.54, 1.807) is 6.26 Å². The van der Waals surface area contributed by atoms with Gasteiger partial charge in [-0.2, -0.15) is 0 Å². The van der Waals surface area contributed by atoms with Crippen LogP contribution in [-0.4, -0.2) is 69.5 Å². The van der Waals surface area contributed by atoms with E-state index in [1.807, 2.05) is 13.2 Å². The Bertz CT molecular complexity index is 533.